The van der Waals surface area contributed by atoms with Gasteiger partial charge in [0.2, 0.25) is 5.82 Å². The van der Waals surface area contributed by atoms with Crippen LogP contribution in [0.3, 0.4) is 0 Å². The molecule has 0 atom stereocenters. The molecule has 1 heterocycles. The maximum Gasteiger partial charge on any atom is 0.261 e. The Morgan fingerprint density at radius 2 is 1.63 bits per heavy atom. The number of aromatic hydroxyl groups is 1. The van der Waals surface area contributed by atoms with E-state index in [4.69, 9.17) is 10.3 Å². The summed E-state index contributed by atoms with van der Waals surface area (Å²) in [7, 11) is 0. The summed E-state index contributed by atoms with van der Waals surface area (Å²) in [6, 6.07) is 14.1. The van der Waals surface area contributed by atoms with Crippen molar-refractivity contribution in [2.75, 3.05) is 5.73 Å². The fraction of sp³-hybridized carbons (Fsp3) is 0. The second kappa shape index (κ2) is 4.45. The molecule has 0 aliphatic heterocycles. The van der Waals surface area contributed by atoms with Crippen LogP contribution < -0.4 is 5.73 Å². The van der Waals surface area contributed by atoms with Gasteiger partial charge in [0.05, 0.1) is 5.56 Å². The van der Waals surface area contributed by atoms with Gasteiger partial charge in [-0.3, -0.25) is 0 Å². The molecule has 3 aromatic rings. The predicted molar refractivity (Wildman–Crippen MR) is 71.2 cm³/mol. The van der Waals surface area contributed by atoms with E-state index in [1.54, 1.807) is 30.3 Å². The van der Waals surface area contributed by atoms with Crippen molar-refractivity contribution < 1.29 is 9.63 Å². The topological polar surface area (TPSA) is 85.2 Å². The molecular weight excluding hydrogens is 242 g/mol. The van der Waals surface area contributed by atoms with Crippen molar-refractivity contribution in [1.29, 1.82) is 0 Å². The molecule has 0 unspecified atom stereocenters. The number of nitrogens with zero attached hydrogens (tertiary/aromatic N) is 2. The minimum atomic E-state index is 0.0960. The average molecular weight is 253 g/mol. The van der Waals surface area contributed by atoms with Crippen molar-refractivity contribution in [1.82, 2.24) is 10.1 Å². The first-order chi connectivity index (χ1) is 9.25. The number of rotatable bonds is 2. The van der Waals surface area contributed by atoms with Gasteiger partial charge in [0.25, 0.3) is 5.89 Å². The lowest BCUT2D eigenvalue weighted by Gasteiger charge is -1.98. The third-order valence-corrected chi connectivity index (χ3v) is 2.76. The minimum Gasteiger partial charge on any atom is -0.507 e. The lowest BCUT2D eigenvalue weighted by Crippen LogP contribution is -1.90. The first-order valence-electron chi connectivity index (χ1n) is 5.72. The highest BCUT2D eigenvalue weighted by molar-refractivity contribution is 5.72. The fourth-order valence-electron chi connectivity index (χ4n) is 1.80. The highest BCUT2D eigenvalue weighted by Crippen LogP contribution is 2.30. The molecule has 2 aromatic carbocycles. The van der Waals surface area contributed by atoms with E-state index in [1.807, 2.05) is 18.2 Å². The third kappa shape index (κ3) is 2.01. The van der Waals surface area contributed by atoms with Gasteiger partial charge in [-0.1, -0.05) is 29.4 Å². The minimum absolute atomic E-state index is 0.0960. The first-order valence-corrected chi connectivity index (χ1v) is 5.72. The summed E-state index contributed by atoms with van der Waals surface area (Å²) in [6.07, 6.45) is 0. The Balaban J connectivity index is 2.06. The maximum atomic E-state index is 9.75. The fourth-order valence-corrected chi connectivity index (χ4v) is 1.80. The van der Waals surface area contributed by atoms with E-state index in [2.05, 4.69) is 10.1 Å². The summed E-state index contributed by atoms with van der Waals surface area (Å²) in [4.78, 5) is 4.25. The number of para-hydroxylation sites is 2. The van der Waals surface area contributed by atoms with Crippen LogP contribution in [-0.4, -0.2) is 15.2 Å². The monoisotopic (exact) mass is 253 g/mol. The summed E-state index contributed by atoms with van der Waals surface area (Å²) < 4.78 is 5.16. The Bertz CT molecular complexity index is 662. The van der Waals surface area contributed by atoms with E-state index < -0.39 is 0 Å². The SMILES string of the molecule is Nc1ccccc1-c1noc(-c2ccccc2O)n1. The molecule has 0 saturated carbocycles. The van der Waals surface area contributed by atoms with Gasteiger partial charge >= 0.3 is 0 Å². The van der Waals surface area contributed by atoms with E-state index >= 15 is 0 Å². The molecule has 0 fully saturated rings. The normalized spacial score (nSPS) is 10.5. The van der Waals surface area contributed by atoms with Gasteiger partial charge in [-0.2, -0.15) is 4.98 Å². The number of phenolic OH excluding ortho intramolecular Hbond substituents is 1. The molecule has 0 radical (unpaired) electrons. The molecule has 0 amide bonds. The van der Waals surface area contributed by atoms with Gasteiger partial charge in [-0.15, -0.1) is 0 Å². The molecule has 5 heteroatoms. The zero-order valence-corrected chi connectivity index (χ0v) is 9.95. The van der Waals surface area contributed by atoms with Crippen LogP contribution >= 0.6 is 0 Å². The van der Waals surface area contributed by atoms with Crippen molar-refractivity contribution in [2.45, 2.75) is 0 Å². The summed E-state index contributed by atoms with van der Waals surface area (Å²) in [5.74, 6) is 0.756. The van der Waals surface area contributed by atoms with Gasteiger partial charge in [-0.05, 0) is 24.3 Å². The molecular formula is C14H11N3O2. The zero-order valence-electron chi connectivity index (χ0n) is 9.95. The molecule has 94 valence electrons. The number of hydrogen-bond acceptors (Lipinski definition) is 5. The largest absolute Gasteiger partial charge is 0.507 e. The predicted octanol–water partition coefficient (Wildman–Crippen LogP) is 2.69. The number of aromatic nitrogens is 2. The van der Waals surface area contributed by atoms with Crippen LogP contribution in [-0.2, 0) is 0 Å². The maximum absolute atomic E-state index is 9.75. The molecule has 3 rings (SSSR count). The van der Waals surface area contributed by atoms with E-state index in [-0.39, 0.29) is 11.6 Å². The van der Waals surface area contributed by atoms with Gasteiger partial charge in [0.1, 0.15) is 5.75 Å². The van der Waals surface area contributed by atoms with Crippen LogP contribution in [0.2, 0.25) is 0 Å². The lowest BCUT2D eigenvalue weighted by atomic mass is 10.1. The van der Waals surface area contributed by atoms with E-state index in [9.17, 15) is 5.11 Å². The van der Waals surface area contributed by atoms with Gasteiger partial charge in [0, 0.05) is 11.3 Å². The van der Waals surface area contributed by atoms with E-state index in [1.165, 1.54) is 0 Å². The van der Waals surface area contributed by atoms with Gasteiger partial charge in [-0.25, -0.2) is 0 Å². The quantitative estimate of drug-likeness (QED) is 0.686. The number of anilines is 1. The lowest BCUT2D eigenvalue weighted by molar-refractivity contribution is 0.426. The standard InChI is InChI=1S/C14H11N3O2/c15-11-7-3-1-5-9(11)13-16-14(19-17-13)10-6-2-4-8-12(10)18/h1-8,18H,15H2. The Labute approximate surface area is 109 Å². The molecule has 0 bridgehead atoms. The molecule has 5 nitrogen and oxygen atoms in total. The summed E-state index contributed by atoms with van der Waals surface area (Å²) in [5, 5.41) is 13.6. The molecule has 1 aromatic heterocycles. The van der Waals surface area contributed by atoms with Crippen LogP contribution in [0.4, 0.5) is 5.69 Å². The van der Waals surface area contributed by atoms with Crippen molar-refractivity contribution in [3.8, 4) is 28.6 Å². The summed E-state index contributed by atoms with van der Waals surface area (Å²) >= 11 is 0. The van der Waals surface area contributed by atoms with Gasteiger partial charge < -0.3 is 15.4 Å². The molecule has 0 aliphatic rings. The number of nitrogens with two attached hydrogens (primary N) is 1. The first kappa shape index (κ1) is 11.3. The summed E-state index contributed by atoms with van der Waals surface area (Å²) in [5.41, 5.74) is 7.63. The average Bonchev–Trinajstić information content (AvgIpc) is 2.89. The Morgan fingerprint density at radius 3 is 2.37 bits per heavy atom. The van der Waals surface area contributed by atoms with Crippen LogP contribution in [0.25, 0.3) is 22.8 Å². The van der Waals surface area contributed by atoms with Crippen molar-refractivity contribution in [3.63, 3.8) is 0 Å². The molecule has 0 aliphatic carbocycles. The number of hydrogen-bond donors (Lipinski definition) is 2. The van der Waals surface area contributed by atoms with E-state index in [0.29, 0.717) is 22.6 Å². The highest BCUT2D eigenvalue weighted by Gasteiger charge is 2.14. The van der Waals surface area contributed by atoms with Crippen LogP contribution in [0.5, 0.6) is 5.75 Å². The molecule has 0 spiro atoms. The molecule has 19 heavy (non-hydrogen) atoms. The van der Waals surface area contributed by atoms with Crippen molar-refractivity contribution in [3.05, 3.63) is 48.5 Å². The smallest absolute Gasteiger partial charge is 0.261 e. The number of phenols is 1. The number of nitrogen functional groups attached to an aromatic ring is 1. The zero-order chi connectivity index (χ0) is 13.2. The second-order valence-electron chi connectivity index (χ2n) is 4.03. The van der Waals surface area contributed by atoms with Crippen molar-refractivity contribution in [2.24, 2.45) is 0 Å². The Hall–Kier alpha value is -2.82. The molecule has 3 N–H and O–H groups in total. The van der Waals surface area contributed by atoms with Crippen molar-refractivity contribution >= 4 is 5.69 Å². The number of benzene rings is 2. The van der Waals surface area contributed by atoms with Crippen LogP contribution in [0, 0.1) is 0 Å². The van der Waals surface area contributed by atoms with Gasteiger partial charge in [0.15, 0.2) is 0 Å². The third-order valence-electron chi connectivity index (χ3n) is 2.76. The highest BCUT2D eigenvalue weighted by atomic mass is 16.5. The van der Waals surface area contributed by atoms with E-state index in [0.717, 1.165) is 0 Å². The molecule has 0 saturated heterocycles. The summed E-state index contributed by atoms with van der Waals surface area (Å²) in [6.45, 7) is 0. The van der Waals surface area contributed by atoms with Crippen LogP contribution in [0.1, 0.15) is 0 Å². The van der Waals surface area contributed by atoms with Crippen LogP contribution in [0.15, 0.2) is 53.1 Å². The Kier molecular flexibility index (Phi) is 2.64. The second-order valence-corrected chi connectivity index (χ2v) is 4.03. The Morgan fingerprint density at radius 1 is 0.947 bits per heavy atom.